The SMILES string of the molecule is C=C(C)Cc1c(Br)ccc(OC)c1O. The van der Waals surface area contributed by atoms with Crippen molar-refractivity contribution >= 4 is 15.9 Å². The predicted octanol–water partition coefficient (Wildman–Crippen LogP) is 3.28. The van der Waals surface area contributed by atoms with E-state index in [1.54, 1.807) is 6.07 Å². The molecule has 3 heteroatoms. The van der Waals surface area contributed by atoms with E-state index in [0.29, 0.717) is 12.2 Å². The first kappa shape index (κ1) is 11.1. The van der Waals surface area contributed by atoms with Crippen LogP contribution in [-0.2, 0) is 6.42 Å². The number of halogens is 1. The first-order chi connectivity index (χ1) is 6.56. The molecule has 0 saturated heterocycles. The largest absolute Gasteiger partial charge is 0.504 e. The quantitative estimate of drug-likeness (QED) is 0.842. The molecule has 0 spiro atoms. The number of hydrogen-bond donors (Lipinski definition) is 1. The van der Waals surface area contributed by atoms with Crippen molar-refractivity contribution in [1.82, 2.24) is 0 Å². The molecular weight excluding hydrogens is 244 g/mol. The minimum atomic E-state index is 0.185. The summed E-state index contributed by atoms with van der Waals surface area (Å²) in [5.41, 5.74) is 1.81. The zero-order valence-corrected chi connectivity index (χ0v) is 9.89. The second kappa shape index (κ2) is 4.51. The van der Waals surface area contributed by atoms with Crippen molar-refractivity contribution < 1.29 is 9.84 Å². The fraction of sp³-hybridized carbons (Fsp3) is 0.273. The highest BCUT2D eigenvalue weighted by Crippen LogP contribution is 2.36. The van der Waals surface area contributed by atoms with E-state index < -0.39 is 0 Å². The molecule has 76 valence electrons. The van der Waals surface area contributed by atoms with Crippen LogP contribution in [0.3, 0.4) is 0 Å². The van der Waals surface area contributed by atoms with E-state index >= 15 is 0 Å². The number of phenolic OH excluding ortho intramolecular Hbond substituents is 1. The van der Waals surface area contributed by atoms with Gasteiger partial charge in [0.05, 0.1) is 7.11 Å². The van der Waals surface area contributed by atoms with E-state index in [4.69, 9.17) is 4.74 Å². The maximum absolute atomic E-state index is 9.82. The van der Waals surface area contributed by atoms with Crippen LogP contribution in [0.5, 0.6) is 11.5 Å². The number of benzene rings is 1. The molecule has 0 aliphatic heterocycles. The van der Waals surface area contributed by atoms with Gasteiger partial charge in [0.1, 0.15) is 0 Å². The van der Waals surface area contributed by atoms with Crippen LogP contribution in [0.1, 0.15) is 12.5 Å². The van der Waals surface area contributed by atoms with Crippen LogP contribution < -0.4 is 4.74 Å². The minimum Gasteiger partial charge on any atom is -0.504 e. The van der Waals surface area contributed by atoms with E-state index in [2.05, 4.69) is 22.5 Å². The average Bonchev–Trinajstić information content (AvgIpc) is 2.12. The molecule has 0 aliphatic rings. The number of rotatable bonds is 3. The highest BCUT2D eigenvalue weighted by molar-refractivity contribution is 9.10. The first-order valence-electron chi connectivity index (χ1n) is 4.25. The number of ether oxygens (including phenoxy) is 1. The molecule has 0 radical (unpaired) electrons. The Morgan fingerprint density at radius 3 is 2.71 bits per heavy atom. The van der Waals surface area contributed by atoms with Gasteiger partial charge in [-0.2, -0.15) is 0 Å². The lowest BCUT2D eigenvalue weighted by atomic mass is 10.1. The Labute approximate surface area is 92.3 Å². The summed E-state index contributed by atoms with van der Waals surface area (Å²) >= 11 is 3.38. The van der Waals surface area contributed by atoms with Crippen molar-refractivity contribution in [3.63, 3.8) is 0 Å². The third-order valence-electron chi connectivity index (χ3n) is 1.89. The molecule has 0 amide bonds. The first-order valence-corrected chi connectivity index (χ1v) is 5.04. The molecule has 0 saturated carbocycles. The Morgan fingerprint density at radius 1 is 1.57 bits per heavy atom. The summed E-state index contributed by atoms with van der Waals surface area (Å²) < 4.78 is 5.90. The molecular formula is C11H13BrO2. The van der Waals surface area contributed by atoms with E-state index in [-0.39, 0.29) is 5.75 Å². The van der Waals surface area contributed by atoms with E-state index in [1.165, 1.54) is 7.11 Å². The fourth-order valence-electron chi connectivity index (χ4n) is 1.22. The van der Waals surface area contributed by atoms with Gasteiger partial charge in [-0.25, -0.2) is 0 Å². The lowest BCUT2D eigenvalue weighted by Gasteiger charge is -2.10. The number of phenols is 1. The topological polar surface area (TPSA) is 29.5 Å². The number of methoxy groups -OCH3 is 1. The molecule has 1 aromatic carbocycles. The average molecular weight is 257 g/mol. The summed E-state index contributed by atoms with van der Waals surface area (Å²) in [7, 11) is 1.54. The highest BCUT2D eigenvalue weighted by atomic mass is 79.9. The van der Waals surface area contributed by atoms with Crippen LogP contribution >= 0.6 is 15.9 Å². The van der Waals surface area contributed by atoms with Gasteiger partial charge >= 0.3 is 0 Å². The van der Waals surface area contributed by atoms with Crippen molar-refractivity contribution in [2.75, 3.05) is 7.11 Å². The Morgan fingerprint density at radius 2 is 2.21 bits per heavy atom. The third kappa shape index (κ3) is 2.29. The zero-order chi connectivity index (χ0) is 10.7. The maximum Gasteiger partial charge on any atom is 0.162 e. The van der Waals surface area contributed by atoms with E-state index in [0.717, 1.165) is 15.6 Å². The summed E-state index contributed by atoms with van der Waals surface area (Å²) in [5.74, 6) is 0.675. The molecule has 0 fully saturated rings. The van der Waals surface area contributed by atoms with Gasteiger partial charge in [-0.1, -0.05) is 28.1 Å². The number of aromatic hydroxyl groups is 1. The molecule has 0 aliphatic carbocycles. The van der Waals surface area contributed by atoms with Gasteiger partial charge in [0.15, 0.2) is 11.5 Å². The molecule has 1 rings (SSSR count). The van der Waals surface area contributed by atoms with Gasteiger partial charge < -0.3 is 9.84 Å². The Kier molecular flexibility index (Phi) is 3.58. The molecule has 0 heterocycles. The lowest BCUT2D eigenvalue weighted by Crippen LogP contribution is -1.92. The second-order valence-corrected chi connectivity index (χ2v) is 4.07. The predicted molar refractivity (Wildman–Crippen MR) is 60.9 cm³/mol. The van der Waals surface area contributed by atoms with Crippen LogP contribution in [-0.4, -0.2) is 12.2 Å². The third-order valence-corrected chi connectivity index (χ3v) is 2.63. The maximum atomic E-state index is 9.82. The van der Waals surface area contributed by atoms with Crippen molar-refractivity contribution in [3.8, 4) is 11.5 Å². The van der Waals surface area contributed by atoms with Crippen LogP contribution in [0.4, 0.5) is 0 Å². The molecule has 0 atom stereocenters. The number of hydrogen-bond acceptors (Lipinski definition) is 2. The fourth-order valence-corrected chi connectivity index (χ4v) is 1.68. The standard InChI is InChI=1S/C11H13BrO2/c1-7(2)6-8-9(12)4-5-10(14-3)11(8)13/h4-5,13H,1,6H2,2-3H3. The number of allylic oxidation sites excluding steroid dienone is 1. The summed E-state index contributed by atoms with van der Waals surface area (Å²) in [5, 5.41) is 9.82. The van der Waals surface area contributed by atoms with Crippen molar-refractivity contribution in [2.45, 2.75) is 13.3 Å². The monoisotopic (exact) mass is 256 g/mol. The highest BCUT2D eigenvalue weighted by Gasteiger charge is 2.11. The van der Waals surface area contributed by atoms with Gasteiger partial charge in [-0.3, -0.25) is 0 Å². The molecule has 1 aromatic rings. The van der Waals surface area contributed by atoms with Gasteiger partial charge in [0.2, 0.25) is 0 Å². The van der Waals surface area contributed by atoms with Crippen LogP contribution in [0, 0.1) is 0 Å². The molecule has 0 aromatic heterocycles. The molecule has 0 unspecified atom stereocenters. The summed E-state index contributed by atoms with van der Waals surface area (Å²) in [6.07, 6.45) is 0.642. The minimum absolute atomic E-state index is 0.185. The molecule has 14 heavy (non-hydrogen) atoms. The normalized spacial score (nSPS) is 9.93. The van der Waals surface area contributed by atoms with E-state index in [9.17, 15) is 5.11 Å². The molecule has 2 nitrogen and oxygen atoms in total. The van der Waals surface area contributed by atoms with Gasteiger partial charge in [0.25, 0.3) is 0 Å². The van der Waals surface area contributed by atoms with Gasteiger partial charge in [0, 0.05) is 10.0 Å². The van der Waals surface area contributed by atoms with Crippen LogP contribution in [0.2, 0.25) is 0 Å². The lowest BCUT2D eigenvalue weighted by molar-refractivity contribution is 0.370. The smallest absolute Gasteiger partial charge is 0.162 e. The Bertz CT molecular complexity index is 359. The Hall–Kier alpha value is -0.960. The van der Waals surface area contributed by atoms with Crippen molar-refractivity contribution in [3.05, 3.63) is 34.3 Å². The summed E-state index contributed by atoms with van der Waals surface area (Å²) in [6, 6.07) is 3.58. The van der Waals surface area contributed by atoms with Crippen molar-refractivity contribution in [1.29, 1.82) is 0 Å². The van der Waals surface area contributed by atoms with E-state index in [1.807, 2.05) is 13.0 Å². The molecule has 0 bridgehead atoms. The Balaban J connectivity index is 3.18. The van der Waals surface area contributed by atoms with Gasteiger partial charge in [-0.15, -0.1) is 0 Å². The second-order valence-electron chi connectivity index (χ2n) is 3.21. The van der Waals surface area contributed by atoms with Crippen molar-refractivity contribution in [2.24, 2.45) is 0 Å². The van der Waals surface area contributed by atoms with Crippen LogP contribution in [0.25, 0.3) is 0 Å². The molecule has 1 N–H and O–H groups in total. The van der Waals surface area contributed by atoms with Crippen LogP contribution in [0.15, 0.2) is 28.8 Å². The zero-order valence-electron chi connectivity index (χ0n) is 8.30. The van der Waals surface area contributed by atoms with Gasteiger partial charge in [-0.05, 0) is 25.5 Å². The summed E-state index contributed by atoms with van der Waals surface area (Å²) in [4.78, 5) is 0. The summed E-state index contributed by atoms with van der Waals surface area (Å²) in [6.45, 7) is 5.74.